The third-order valence-electron chi connectivity index (χ3n) is 5.35. The Bertz CT molecular complexity index is 1280. The monoisotopic (exact) mass is 470 g/mol. The van der Waals surface area contributed by atoms with Gasteiger partial charge in [-0.05, 0) is 60.9 Å². The minimum atomic E-state index is -0.470. The summed E-state index contributed by atoms with van der Waals surface area (Å²) in [5.41, 5.74) is 3.72. The first-order valence-corrected chi connectivity index (χ1v) is 11.3. The summed E-state index contributed by atoms with van der Waals surface area (Å²) < 4.78 is 22.4. The van der Waals surface area contributed by atoms with Gasteiger partial charge in [0.15, 0.2) is 23.0 Å². The van der Waals surface area contributed by atoms with Crippen LogP contribution in [0.2, 0.25) is 0 Å². The summed E-state index contributed by atoms with van der Waals surface area (Å²) in [5, 5.41) is 12.3. The van der Waals surface area contributed by atoms with Gasteiger partial charge in [0.05, 0.1) is 6.61 Å². The van der Waals surface area contributed by atoms with Crippen LogP contribution in [-0.4, -0.2) is 19.3 Å². The molecule has 0 spiro atoms. The molecule has 1 amide bonds. The van der Waals surface area contributed by atoms with Crippen LogP contribution in [0.4, 0.5) is 0 Å². The molecule has 0 saturated heterocycles. The Balaban J connectivity index is 1.43. The van der Waals surface area contributed by atoms with Crippen LogP contribution in [0.25, 0.3) is 6.08 Å². The average Bonchev–Trinajstić information content (AvgIpc) is 3.34. The van der Waals surface area contributed by atoms with Crippen molar-refractivity contribution in [3.63, 3.8) is 0 Å². The van der Waals surface area contributed by atoms with Gasteiger partial charge in [-0.1, -0.05) is 42.0 Å². The number of amides is 1. The van der Waals surface area contributed by atoms with Crippen molar-refractivity contribution in [1.82, 2.24) is 5.32 Å². The highest BCUT2D eigenvalue weighted by atomic mass is 16.7. The van der Waals surface area contributed by atoms with Crippen LogP contribution in [0.5, 0.6) is 23.0 Å². The summed E-state index contributed by atoms with van der Waals surface area (Å²) in [4.78, 5) is 12.6. The molecule has 0 aromatic heterocycles. The number of carbonyl (C=O) groups is 1. The van der Waals surface area contributed by atoms with Gasteiger partial charge in [-0.2, -0.15) is 5.26 Å². The third-order valence-corrected chi connectivity index (χ3v) is 5.35. The maximum Gasteiger partial charge on any atom is 0.262 e. The highest BCUT2D eigenvalue weighted by Gasteiger charge is 2.15. The summed E-state index contributed by atoms with van der Waals surface area (Å²) in [6.45, 7) is 5.22. The normalized spacial score (nSPS) is 12.1. The molecule has 0 fully saturated rings. The molecular formula is C28H26N2O5. The quantitative estimate of drug-likeness (QED) is 0.353. The average molecular weight is 471 g/mol. The van der Waals surface area contributed by atoms with Gasteiger partial charge in [-0.3, -0.25) is 4.79 Å². The molecule has 0 bridgehead atoms. The fourth-order valence-corrected chi connectivity index (χ4v) is 3.49. The van der Waals surface area contributed by atoms with E-state index in [0.29, 0.717) is 41.8 Å². The van der Waals surface area contributed by atoms with Crippen molar-refractivity contribution >= 4 is 12.0 Å². The van der Waals surface area contributed by atoms with Gasteiger partial charge in [0.2, 0.25) is 6.79 Å². The Morgan fingerprint density at radius 1 is 1.00 bits per heavy atom. The van der Waals surface area contributed by atoms with Crippen LogP contribution >= 0.6 is 0 Å². The molecule has 178 valence electrons. The molecular weight excluding hydrogens is 444 g/mol. The zero-order chi connectivity index (χ0) is 24.6. The van der Waals surface area contributed by atoms with Gasteiger partial charge in [0.1, 0.15) is 18.2 Å². The SMILES string of the molecule is CCOc1cc(/C=C(\C#N)C(=O)NCc2ccc3c(c2)OCO3)ccc1OCc1ccc(C)cc1. The summed E-state index contributed by atoms with van der Waals surface area (Å²) in [6, 6.07) is 20.9. The number of nitrogens with zero attached hydrogens (tertiary/aromatic N) is 1. The largest absolute Gasteiger partial charge is 0.490 e. The maximum atomic E-state index is 12.6. The lowest BCUT2D eigenvalue weighted by atomic mass is 10.1. The summed E-state index contributed by atoms with van der Waals surface area (Å²) >= 11 is 0. The van der Waals surface area contributed by atoms with Crippen LogP contribution in [0, 0.1) is 18.3 Å². The predicted octanol–water partition coefficient (Wildman–Crippen LogP) is 4.92. The van der Waals surface area contributed by atoms with Crippen molar-refractivity contribution in [1.29, 1.82) is 5.26 Å². The van der Waals surface area contributed by atoms with Gasteiger partial charge in [0, 0.05) is 6.54 Å². The third kappa shape index (κ3) is 6.12. The van der Waals surface area contributed by atoms with Crippen molar-refractivity contribution in [3.05, 3.63) is 88.5 Å². The zero-order valence-corrected chi connectivity index (χ0v) is 19.7. The highest BCUT2D eigenvalue weighted by molar-refractivity contribution is 6.01. The summed E-state index contributed by atoms with van der Waals surface area (Å²) in [6.07, 6.45) is 1.53. The van der Waals surface area contributed by atoms with E-state index in [1.807, 2.05) is 56.3 Å². The number of nitrogens with one attached hydrogen (secondary N) is 1. The van der Waals surface area contributed by atoms with E-state index < -0.39 is 5.91 Å². The van der Waals surface area contributed by atoms with E-state index >= 15 is 0 Å². The molecule has 0 radical (unpaired) electrons. The van der Waals surface area contributed by atoms with Crippen LogP contribution in [0.3, 0.4) is 0 Å². The molecule has 35 heavy (non-hydrogen) atoms. The maximum absolute atomic E-state index is 12.6. The molecule has 0 atom stereocenters. The number of hydrogen-bond acceptors (Lipinski definition) is 6. The topological polar surface area (TPSA) is 89.8 Å². The van der Waals surface area contributed by atoms with E-state index in [9.17, 15) is 10.1 Å². The van der Waals surface area contributed by atoms with Crippen molar-refractivity contribution in [2.45, 2.75) is 27.0 Å². The molecule has 0 aliphatic carbocycles. The molecule has 7 nitrogen and oxygen atoms in total. The molecule has 3 aromatic rings. The summed E-state index contributed by atoms with van der Waals surface area (Å²) in [7, 11) is 0. The van der Waals surface area contributed by atoms with Gasteiger partial charge in [-0.25, -0.2) is 0 Å². The Labute approximate surface area is 204 Å². The predicted molar refractivity (Wildman–Crippen MR) is 131 cm³/mol. The van der Waals surface area contributed by atoms with E-state index in [1.54, 1.807) is 24.3 Å². The number of ether oxygens (including phenoxy) is 4. The molecule has 0 saturated carbocycles. The van der Waals surface area contributed by atoms with Crippen molar-refractivity contribution in [2.75, 3.05) is 13.4 Å². The van der Waals surface area contributed by atoms with Crippen molar-refractivity contribution in [2.24, 2.45) is 0 Å². The zero-order valence-electron chi connectivity index (χ0n) is 19.7. The molecule has 1 heterocycles. The van der Waals surface area contributed by atoms with Crippen molar-refractivity contribution < 1.29 is 23.7 Å². The number of rotatable bonds is 9. The molecule has 4 rings (SSSR count). The lowest BCUT2D eigenvalue weighted by molar-refractivity contribution is -0.117. The van der Waals surface area contributed by atoms with E-state index in [0.717, 1.165) is 11.1 Å². The Morgan fingerprint density at radius 2 is 1.77 bits per heavy atom. The van der Waals surface area contributed by atoms with Gasteiger partial charge in [-0.15, -0.1) is 0 Å². The number of carbonyl (C=O) groups excluding carboxylic acids is 1. The second kappa shape index (κ2) is 11.1. The van der Waals surface area contributed by atoms with Gasteiger partial charge in [0.25, 0.3) is 5.91 Å². The lowest BCUT2D eigenvalue weighted by Gasteiger charge is -2.13. The summed E-state index contributed by atoms with van der Waals surface area (Å²) in [5.74, 6) is 1.99. The van der Waals surface area contributed by atoms with E-state index in [4.69, 9.17) is 18.9 Å². The number of benzene rings is 3. The van der Waals surface area contributed by atoms with Crippen LogP contribution in [-0.2, 0) is 17.9 Å². The number of nitriles is 1. The molecule has 0 unspecified atom stereocenters. The minimum absolute atomic E-state index is 0.0125. The number of fused-ring (bicyclic) bond motifs is 1. The first kappa shape index (κ1) is 23.7. The molecule has 1 N–H and O–H groups in total. The molecule has 1 aliphatic rings. The fourth-order valence-electron chi connectivity index (χ4n) is 3.49. The standard InChI is InChI=1S/C28H26N2O5/c1-3-32-26-13-21(8-10-24(26)33-17-20-6-4-19(2)5-7-20)12-23(15-29)28(31)30-16-22-9-11-25-27(14-22)35-18-34-25/h4-14H,3,16-18H2,1-2H3,(H,30,31)/b23-12+. The van der Waals surface area contributed by atoms with E-state index in [2.05, 4.69) is 5.32 Å². The first-order valence-electron chi connectivity index (χ1n) is 11.3. The van der Waals surface area contributed by atoms with Crippen LogP contribution in [0.1, 0.15) is 29.2 Å². The molecule has 3 aromatic carbocycles. The second-order valence-electron chi connectivity index (χ2n) is 7.95. The van der Waals surface area contributed by atoms with Crippen LogP contribution in [0.15, 0.2) is 66.2 Å². The molecule has 7 heteroatoms. The van der Waals surface area contributed by atoms with E-state index in [1.165, 1.54) is 11.6 Å². The van der Waals surface area contributed by atoms with Gasteiger partial charge < -0.3 is 24.3 Å². The number of hydrogen-bond donors (Lipinski definition) is 1. The second-order valence-corrected chi connectivity index (χ2v) is 7.95. The fraction of sp³-hybridized carbons (Fsp3) is 0.214. The first-order chi connectivity index (χ1) is 17.1. The van der Waals surface area contributed by atoms with E-state index in [-0.39, 0.29) is 18.9 Å². The Morgan fingerprint density at radius 3 is 2.54 bits per heavy atom. The minimum Gasteiger partial charge on any atom is -0.490 e. The number of aryl methyl sites for hydroxylation is 1. The van der Waals surface area contributed by atoms with Crippen LogP contribution < -0.4 is 24.3 Å². The van der Waals surface area contributed by atoms with Crippen molar-refractivity contribution in [3.8, 4) is 29.1 Å². The lowest BCUT2D eigenvalue weighted by Crippen LogP contribution is -2.23. The Hall–Kier alpha value is -4.44. The molecule has 1 aliphatic heterocycles. The Kier molecular flexibility index (Phi) is 7.53. The smallest absolute Gasteiger partial charge is 0.262 e. The highest BCUT2D eigenvalue weighted by Crippen LogP contribution is 2.32. The van der Waals surface area contributed by atoms with Gasteiger partial charge >= 0.3 is 0 Å².